The summed E-state index contributed by atoms with van der Waals surface area (Å²) in [5.41, 5.74) is 0. The van der Waals surface area contributed by atoms with Gasteiger partial charge in [-0.2, -0.15) is 0 Å². The minimum Gasteiger partial charge on any atom is -0.309 e. The fraction of sp³-hybridized carbons (Fsp3) is 0.917. The SMILES string of the molecule is CCCCCCCC/C=C/CCCCCCCCN(C)CCCN(C)C. The summed E-state index contributed by atoms with van der Waals surface area (Å²) < 4.78 is 0. The van der Waals surface area contributed by atoms with Crippen molar-refractivity contribution in [2.45, 2.75) is 103 Å². The molecule has 0 saturated heterocycles. The molecule has 0 unspecified atom stereocenters. The van der Waals surface area contributed by atoms with Crippen LogP contribution in [0.1, 0.15) is 103 Å². The van der Waals surface area contributed by atoms with E-state index >= 15 is 0 Å². The van der Waals surface area contributed by atoms with E-state index in [4.69, 9.17) is 0 Å². The molecule has 0 radical (unpaired) electrons. The molecule has 0 fully saturated rings. The molecule has 0 bridgehead atoms. The molecular formula is C24H50N2. The molecule has 0 aromatic carbocycles. The van der Waals surface area contributed by atoms with E-state index in [2.05, 4.69) is 50.0 Å². The average molecular weight is 367 g/mol. The van der Waals surface area contributed by atoms with Crippen LogP contribution < -0.4 is 0 Å². The van der Waals surface area contributed by atoms with Gasteiger partial charge in [0.1, 0.15) is 0 Å². The molecule has 0 aromatic heterocycles. The Morgan fingerprint density at radius 1 is 0.500 bits per heavy atom. The lowest BCUT2D eigenvalue weighted by Crippen LogP contribution is -2.24. The fourth-order valence-electron chi connectivity index (χ4n) is 3.40. The van der Waals surface area contributed by atoms with Gasteiger partial charge < -0.3 is 9.80 Å². The van der Waals surface area contributed by atoms with E-state index in [9.17, 15) is 0 Å². The Kier molecular flexibility index (Phi) is 20.7. The van der Waals surface area contributed by atoms with Crippen molar-refractivity contribution in [1.29, 1.82) is 0 Å². The van der Waals surface area contributed by atoms with Gasteiger partial charge in [0.05, 0.1) is 0 Å². The van der Waals surface area contributed by atoms with Crippen LogP contribution >= 0.6 is 0 Å². The van der Waals surface area contributed by atoms with Crippen LogP contribution in [0.3, 0.4) is 0 Å². The number of hydrogen-bond acceptors (Lipinski definition) is 2. The highest BCUT2D eigenvalue weighted by molar-refractivity contribution is 4.81. The van der Waals surface area contributed by atoms with Gasteiger partial charge in [-0.15, -0.1) is 0 Å². The molecule has 2 nitrogen and oxygen atoms in total. The van der Waals surface area contributed by atoms with Crippen LogP contribution in [0.4, 0.5) is 0 Å². The summed E-state index contributed by atoms with van der Waals surface area (Å²) in [5.74, 6) is 0. The van der Waals surface area contributed by atoms with Crippen LogP contribution in [0, 0.1) is 0 Å². The highest BCUT2D eigenvalue weighted by atomic mass is 15.1. The van der Waals surface area contributed by atoms with Crippen LogP contribution in [0.15, 0.2) is 12.2 Å². The lowest BCUT2D eigenvalue weighted by Gasteiger charge is -2.17. The molecule has 2 heteroatoms. The Hall–Kier alpha value is -0.340. The van der Waals surface area contributed by atoms with Gasteiger partial charge in [-0.05, 0) is 79.3 Å². The predicted octanol–water partition coefficient (Wildman–Crippen LogP) is 6.91. The number of nitrogens with zero attached hydrogens (tertiary/aromatic N) is 2. The van der Waals surface area contributed by atoms with Gasteiger partial charge in [-0.25, -0.2) is 0 Å². The smallest absolute Gasteiger partial charge is 0.000960 e. The van der Waals surface area contributed by atoms with E-state index in [1.807, 2.05) is 0 Å². The number of hydrogen-bond donors (Lipinski definition) is 0. The van der Waals surface area contributed by atoms with Crippen LogP contribution in [-0.4, -0.2) is 50.6 Å². The van der Waals surface area contributed by atoms with Gasteiger partial charge in [-0.1, -0.05) is 76.9 Å². The zero-order valence-corrected chi connectivity index (χ0v) is 18.8. The Bertz CT molecular complexity index is 286. The fourth-order valence-corrected chi connectivity index (χ4v) is 3.40. The normalized spacial score (nSPS) is 12.1. The van der Waals surface area contributed by atoms with Gasteiger partial charge in [0, 0.05) is 0 Å². The molecule has 0 amide bonds. The summed E-state index contributed by atoms with van der Waals surface area (Å²) >= 11 is 0. The maximum absolute atomic E-state index is 2.50. The van der Waals surface area contributed by atoms with E-state index < -0.39 is 0 Å². The third-order valence-electron chi connectivity index (χ3n) is 5.20. The summed E-state index contributed by atoms with van der Waals surface area (Å²) in [6, 6.07) is 0. The zero-order chi connectivity index (χ0) is 19.3. The van der Waals surface area contributed by atoms with Crippen molar-refractivity contribution >= 4 is 0 Å². The number of allylic oxidation sites excluding steroid dienone is 2. The number of rotatable bonds is 20. The molecule has 0 rings (SSSR count). The average Bonchev–Trinajstić information content (AvgIpc) is 2.61. The zero-order valence-electron chi connectivity index (χ0n) is 18.8. The first kappa shape index (κ1) is 25.7. The van der Waals surface area contributed by atoms with Crippen molar-refractivity contribution < 1.29 is 0 Å². The first-order chi connectivity index (χ1) is 12.7. The van der Waals surface area contributed by atoms with E-state index in [-0.39, 0.29) is 0 Å². The topological polar surface area (TPSA) is 6.48 Å². The molecule has 0 atom stereocenters. The van der Waals surface area contributed by atoms with Crippen LogP contribution in [0.5, 0.6) is 0 Å². The van der Waals surface area contributed by atoms with Crippen molar-refractivity contribution in [1.82, 2.24) is 9.80 Å². The minimum atomic E-state index is 1.21. The molecule has 0 saturated carbocycles. The Labute approximate surface area is 166 Å². The maximum atomic E-state index is 2.50. The molecule has 0 aliphatic carbocycles. The molecule has 0 heterocycles. The van der Waals surface area contributed by atoms with Gasteiger partial charge in [0.2, 0.25) is 0 Å². The second-order valence-corrected chi connectivity index (χ2v) is 8.40. The first-order valence-electron chi connectivity index (χ1n) is 11.6. The highest BCUT2D eigenvalue weighted by Crippen LogP contribution is 2.10. The second-order valence-electron chi connectivity index (χ2n) is 8.40. The van der Waals surface area contributed by atoms with E-state index in [0.29, 0.717) is 0 Å². The van der Waals surface area contributed by atoms with Crippen LogP contribution in [0.2, 0.25) is 0 Å². The predicted molar refractivity (Wildman–Crippen MR) is 120 cm³/mol. The van der Waals surface area contributed by atoms with E-state index in [0.717, 1.165) is 0 Å². The largest absolute Gasteiger partial charge is 0.309 e. The molecule has 0 N–H and O–H groups in total. The first-order valence-corrected chi connectivity index (χ1v) is 11.6. The minimum absolute atomic E-state index is 1.21. The third kappa shape index (κ3) is 21.7. The third-order valence-corrected chi connectivity index (χ3v) is 5.20. The Balaban J connectivity index is 3.18. The standard InChI is InChI=1S/C24H50N2/c1-5-6-7-8-9-10-11-12-13-14-15-16-17-18-19-20-23-26(4)24-21-22-25(2)3/h12-13H,5-11,14-24H2,1-4H3/b13-12+. The van der Waals surface area contributed by atoms with Crippen molar-refractivity contribution in [3.8, 4) is 0 Å². The van der Waals surface area contributed by atoms with Gasteiger partial charge in [0.25, 0.3) is 0 Å². The second kappa shape index (κ2) is 21.0. The van der Waals surface area contributed by atoms with E-state index in [1.165, 1.54) is 116 Å². The molecule has 26 heavy (non-hydrogen) atoms. The highest BCUT2D eigenvalue weighted by Gasteiger charge is 1.99. The molecule has 0 spiro atoms. The summed E-state index contributed by atoms with van der Waals surface area (Å²) in [6.07, 6.45) is 25.6. The van der Waals surface area contributed by atoms with Gasteiger partial charge in [-0.3, -0.25) is 0 Å². The monoisotopic (exact) mass is 366 g/mol. The van der Waals surface area contributed by atoms with Crippen molar-refractivity contribution in [3.05, 3.63) is 12.2 Å². The van der Waals surface area contributed by atoms with Crippen molar-refractivity contribution in [3.63, 3.8) is 0 Å². The van der Waals surface area contributed by atoms with Crippen LogP contribution in [0.25, 0.3) is 0 Å². The van der Waals surface area contributed by atoms with Gasteiger partial charge >= 0.3 is 0 Å². The molecule has 156 valence electrons. The molecule has 0 aromatic rings. The summed E-state index contributed by atoms with van der Waals surface area (Å²) in [7, 11) is 6.59. The van der Waals surface area contributed by atoms with Crippen LogP contribution in [-0.2, 0) is 0 Å². The van der Waals surface area contributed by atoms with Crippen molar-refractivity contribution in [2.75, 3.05) is 40.8 Å². The molecule has 0 aliphatic rings. The summed E-state index contributed by atoms with van der Waals surface area (Å²) in [4.78, 5) is 4.77. The van der Waals surface area contributed by atoms with Gasteiger partial charge in [0.15, 0.2) is 0 Å². The molecular weight excluding hydrogens is 316 g/mol. The van der Waals surface area contributed by atoms with E-state index in [1.54, 1.807) is 0 Å². The summed E-state index contributed by atoms with van der Waals surface area (Å²) in [5, 5.41) is 0. The lowest BCUT2D eigenvalue weighted by molar-refractivity contribution is 0.294. The lowest BCUT2D eigenvalue weighted by atomic mass is 10.1. The van der Waals surface area contributed by atoms with Crippen molar-refractivity contribution in [2.24, 2.45) is 0 Å². The quantitative estimate of drug-likeness (QED) is 0.171. The summed E-state index contributed by atoms with van der Waals surface area (Å²) in [6.45, 7) is 6.01. The number of unbranched alkanes of at least 4 members (excludes halogenated alkanes) is 12. The maximum Gasteiger partial charge on any atom is -0.000960 e. The Morgan fingerprint density at radius 2 is 0.962 bits per heavy atom. The molecule has 0 aliphatic heterocycles. The Morgan fingerprint density at radius 3 is 1.50 bits per heavy atom.